The van der Waals surface area contributed by atoms with Crippen LogP contribution in [0.25, 0.3) is 0 Å². The number of hydrogen-bond acceptors (Lipinski definition) is 8. The van der Waals surface area contributed by atoms with Gasteiger partial charge in [0.05, 0.1) is 4.92 Å². The molecule has 9 heteroatoms. The van der Waals surface area contributed by atoms with E-state index in [1.807, 2.05) is 0 Å². The molecular formula is C11H21N7O2. The van der Waals surface area contributed by atoms with Crippen LogP contribution in [0.1, 0.15) is 19.5 Å². The molecular weight excluding hydrogens is 262 g/mol. The number of nitro groups is 1. The highest BCUT2D eigenvalue weighted by molar-refractivity contribution is 5.60. The van der Waals surface area contributed by atoms with Crippen molar-refractivity contribution in [3.8, 4) is 0 Å². The number of anilines is 2. The van der Waals surface area contributed by atoms with Crippen LogP contribution in [0.2, 0.25) is 0 Å². The molecule has 9 nitrogen and oxygen atoms in total. The third kappa shape index (κ3) is 4.00. The first-order chi connectivity index (χ1) is 9.53. The Morgan fingerprint density at radius 3 is 2.50 bits per heavy atom. The van der Waals surface area contributed by atoms with Gasteiger partial charge in [0.2, 0.25) is 11.8 Å². The molecule has 1 heterocycles. The monoisotopic (exact) mass is 283 g/mol. The Morgan fingerprint density at radius 2 is 2.00 bits per heavy atom. The fourth-order valence-corrected chi connectivity index (χ4v) is 1.85. The Bertz CT molecular complexity index is 462. The number of nitrogens with two attached hydrogens (primary N) is 1. The van der Waals surface area contributed by atoms with Crippen molar-refractivity contribution in [3.63, 3.8) is 0 Å². The normalized spacial score (nSPS) is 10.7. The maximum atomic E-state index is 11.1. The second kappa shape index (κ2) is 7.56. The summed E-state index contributed by atoms with van der Waals surface area (Å²) in [5, 5.41) is 14.1. The number of aromatic nitrogens is 2. The van der Waals surface area contributed by atoms with Crippen LogP contribution >= 0.6 is 0 Å². The highest BCUT2D eigenvalue weighted by Crippen LogP contribution is 2.25. The van der Waals surface area contributed by atoms with Crippen LogP contribution in [0.5, 0.6) is 0 Å². The number of hydrogen-bond donors (Lipinski definition) is 3. The van der Waals surface area contributed by atoms with Gasteiger partial charge in [-0.05, 0) is 20.0 Å². The number of nitrogens with one attached hydrogen (secondary N) is 2. The molecule has 0 spiro atoms. The minimum atomic E-state index is -0.491. The zero-order chi connectivity index (χ0) is 15.1. The summed E-state index contributed by atoms with van der Waals surface area (Å²) in [4.78, 5) is 20.7. The van der Waals surface area contributed by atoms with Crippen molar-refractivity contribution in [2.45, 2.75) is 20.8 Å². The molecule has 0 aliphatic heterocycles. The molecule has 1 aromatic rings. The SMILES string of the molecule is CCN(CC)CCNc1nc(NN)nc(C)c1[N+](=O)[O-]. The van der Waals surface area contributed by atoms with Gasteiger partial charge in [0.1, 0.15) is 5.69 Å². The predicted molar refractivity (Wildman–Crippen MR) is 77.5 cm³/mol. The summed E-state index contributed by atoms with van der Waals surface area (Å²) >= 11 is 0. The second-order valence-corrected chi connectivity index (χ2v) is 4.18. The average Bonchev–Trinajstić information content (AvgIpc) is 2.42. The lowest BCUT2D eigenvalue weighted by atomic mass is 10.3. The molecule has 1 aromatic heterocycles. The number of aryl methyl sites for hydroxylation is 1. The summed E-state index contributed by atoms with van der Waals surface area (Å²) in [5.74, 6) is 5.59. The first kappa shape index (κ1) is 16.1. The van der Waals surface area contributed by atoms with Crippen molar-refractivity contribution < 1.29 is 4.92 Å². The van der Waals surface area contributed by atoms with Gasteiger partial charge >= 0.3 is 5.69 Å². The molecule has 0 amide bonds. The molecule has 0 saturated heterocycles. The first-order valence-corrected chi connectivity index (χ1v) is 6.49. The summed E-state index contributed by atoms with van der Waals surface area (Å²) in [6, 6.07) is 0. The molecule has 0 saturated carbocycles. The van der Waals surface area contributed by atoms with Gasteiger partial charge < -0.3 is 10.2 Å². The van der Waals surface area contributed by atoms with Gasteiger partial charge in [0, 0.05) is 13.1 Å². The van der Waals surface area contributed by atoms with Crippen LogP contribution < -0.4 is 16.6 Å². The molecule has 4 N–H and O–H groups in total. The fourth-order valence-electron chi connectivity index (χ4n) is 1.85. The summed E-state index contributed by atoms with van der Waals surface area (Å²) in [7, 11) is 0. The molecule has 0 aromatic carbocycles. The van der Waals surface area contributed by atoms with Gasteiger partial charge in [-0.15, -0.1) is 0 Å². The Balaban J connectivity index is 2.86. The van der Waals surface area contributed by atoms with Crippen molar-refractivity contribution >= 4 is 17.5 Å². The van der Waals surface area contributed by atoms with Crippen LogP contribution in [0, 0.1) is 17.0 Å². The van der Waals surface area contributed by atoms with E-state index in [1.165, 1.54) is 0 Å². The smallest absolute Gasteiger partial charge is 0.332 e. The number of nitrogens with zero attached hydrogens (tertiary/aromatic N) is 4. The fraction of sp³-hybridized carbons (Fsp3) is 0.636. The number of nitrogen functional groups attached to an aromatic ring is 1. The van der Waals surface area contributed by atoms with Crippen molar-refractivity contribution in [1.82, 2.24) is 14.9 Å². The molecule has 0 unspecified atom stereocenters. The van der Waals surface area contributed by atoms with E-state index in [4.69, 9.17) is 5.84 Å². The maximum absolute atomic E-state index is 11.1. The number of hydrazine groups is 1. The highest BCUT2D eigenvalue weighted by atomic mass is 16.6. The third-order valence-electron chi connectivity index (χ3n) is 2.98. The van der Waals surface area contributed by atoms with E-state index in [-0.39, 0.29) is 23.1 Å². The largest absolute Gasteiger partial charge is 0.363 e. The lowest BCUT2D eigenvalue weighted by Crippen LogP contribution is -2.29. The van der Waals surface area contributed by atoms with Crippen molar-refractivity contribution in [3.05, 3.63) is 15.8 Å². The molecule has 0 atom stereocenters. The Morgan fingerprint density at radius 1 is 1.35 bits per heavy atom. The molecule has 0 aliphatic rings. The van der Waals surface area contributed by atoms with E-state index in [2.05, 4.69) is 39.5 Å². The van der Waals surface area contributed by atoms with Crippen molar-refractivity contribution in [2.24, 2.45) is 5.84 Å². The number of likely N-dealkylation sites (N-methyl/N-ethyl adjacent to an activating group) is 1. The van der Waals surface area contributed by atoms with Gasteiger partial charge in [-0.1, -0.05) is 13.8 Å². The minimum absolute atomic E-state index is 0.122. The van der Waals surface area contributed by atoms with Crippen LogP contribution in [-0.4, -0.2) is 46.0 Å². The highest BCUT2D eigenvalue weighted by Gasteiger charge is 2.21. The molecule has 0 aliphatic carbocycles. The van der Waals surface area contributed by atoms with E-state index in [1.54, 1.807) is 6.92 Å². The summed E-state index contributed by atoms with van der Waals surface area (Å²) < 4.78 is 0. The minimum Gasteiger partial charge on any atom is -0.363 e. The molecule has 0 fully saturated rings. The van der Waals surface area contributed by atoms with Crippen molar-refractivity contribution in [2.75, 3.05) is 36.9 Å². The van der Waals surface area contributed by atoms with Crippen LogP contribution in [0.15, 0.2) is 0 Å². The molecule has 112 valence electrons. The first-order valence-electron chi connectivity index (χ1n) is 6.49. The Hall–Kier alpha value is -2.00. The summed E-state index contributed by atoms with van der Waals surface area (Å²) in [6.07, 6.45) is 0. The zero-order valence-corrected chi connectivity index (χ0v) is 12.0. The van der Waals surface area contributed by atoms with E-state index in [0.29, 0.717) is 6.54 Å². The van der Waals surface area contributed by atoms with E-state index < -0.39 is 4.92 Å². The van der Waals surface area contributed by atoms with Crippen LogP contribution in [-0.2, 0) is 0 Å². The van der Waals surface area contributed by atoms with Gasteiger partial charge in [-0.3, -0.25) is 15.5 Å². The topological polar surface area (TPSA) is 122 Å². The van der Waals surface area contributed by atoms with Crippen LogP contribution in [0.3, 0.4) is 0 Å². The maximum Gasteiger partial charge on any atom is 0.332 e. The third-order valence-corrected chi connectivity index (χ3v) is 2.98. The van der Waals surface area contributed by atoms with Gasteiger partial charge in [0.25, 0.3) is 0 Å². The standard InChI is InChI=1S/C11H21N7O2/c1-4-17(5-2)7-6-13-10-9(18(19)20)8(3)14-11(15-10)16-12/h4-7,12H2,1-3H3,(H2,13,14,15,16). The summed E-state index contributed by atoms with van der Waals surface area (Å²) in [5.41, 5.74) is 2.45. The van der Waals surface area contributed by atoms with E-state index >= 15 is 0 Å². The predicted octanol–water partition coefficient (Wildman–Crippen LogP) is 0.733. The summed E-state index contributed by atoms with van der Waals surface area (Å²) in [6.45, 7) is 8.88. The van der Waals surface area contributed by atoms with Crippen molar-refractivity contribution in [1.29, 1.82) is 0 Å². The van der Waals surface area contributed by atoms with Crippen LogP contribution in [0.4, 0.5) is 17.5 Å². The van der Waals surface area contributed by atoms with Gasteiger partial charge in [0.15, 0.2) is 0 Å². The molecule has 0 bridgehead atoms. The number of rotatable bonds is 8. The zero-order valence-electron chi connectivity index (χ0n) is 12.0. The quantitative estimate of drug-likeness (QED) is 0.362. The van der Waals surface area contributed by atoms with E-state index in [0.717, 1.165) is 19.6 Å². The lowest BCUT2D eigenvalue weighted by molar-refractivity contribution is -0.385. The molecule has 20 heavy (non-hydrogen) atoms. The van der Waals surface area contributed by atoms with Gasteiger partial charge in [-0.2, -0.15) is 4.98 Å². The van der Waals surface area contributed by atoms with Gasteiger partial charge in [-0.25, -0.2) is 10.8 Å². The molecule has 0 radical (unpaired) electrons. The van der Waals surface area contributed by atoms with E-state index in [9.17, 15) is 10.1 Å². The Kier molecular flexibility index (Phi) is 6.07. The average molecular weight is 283 g/mol. The Labute approximate surface area is 117 Å². The lowest BCUT2D eigenvalue weighted by Gasteiger charge is -2.18. The second-order valence-electron chi connectivity index (χ2n) is 4.18. The molecule has 1 rings (SSSR count).